The summed E-state index contributed by atoms with van der Waals surface area (Å²) in [7, 11) is 1.56. The Kier molecular flexibility index (Phi) is 10.2. The Balaban J connectivity index is 1.57. The summed E-state index contributed by atoms with van der Waals surface area (Å²) < 4.78 is 11.0. The molecule has 2 N–H and O–H groups in total. The van der Waals surface area contributed by atoms with Crippen molar-refractivity contribution in [1.82, 2.24) is 20.2 Å². The van der Waals surface area contributed by atoms with Crippen LogP contribution in [0.4, 0.5) is 5.69 Å². The number of halogens is 1. The zero-order valence-corrected chi connectivity index (χ0v) is 21.3. The highest BCUT2D eigenvalue weighted by Crippen LogP contribution is 2.31. The molecule has 1 aliphatic rings. The maximum atomic E-state index is 12.5. The van der Waals surface area contributed by atoms with Crippen LogP contribution in [0.2, 0.25) is 5.02 Å². The number of hydrogen-bond acceptors (Lipinski definition) is 8. The number of nitrogens with zero attached hydrogens (tertiary/aromatic N) is 4. The molecule has 9 nitrogen and oxygen atoms in total. The van der Waals surface area contributed by atoms with Gasteiger partial charge in [-0.2, -0.15) is 5.26 Å². The van der Waals surface area contributed by atoms with E-state index < -0.39 is 0 Å². The Morgan fingerprint density at radius 1 is 1.29 bits per heavy atom. The van der Waals surface area contributed by atoms with Crippen LogP contribution in [-0.4, -0.2) is 73.3 Å². The second-order valence-electron chi connectivity index (χ2n) is 8.84. The van der Waals surface area contributed by atoms with Crippen LogP contribution in [0, 0.1) is 17.2 Å². The van der Waals surface area contributed by atoms with Crippen molar-refractivity contribution in [3.8, 4) is 11.8 Å². The highest BCUT2D eigenvalue weighted by molar-refractivity contribution is 6.31. The van der Waals surface area contributed by atoms with Crippen LogP contribution in [0.15, 0.2) is 24.5 Å². The molecule has 188 valence electrons. The summed E-state index contributed by atoms with van der Waals surface area (Å²) in [6.07, 6.45) is 3.51. The molecule has 1 aliphatic heterocycles. The molecule has 1 aromatic heterocycles. The van der Waals surface area contributed by atoms with Gasteiger partial charge in [-0.1, -0.05) is 25.4 Å². The fourth-order valence-electron chi connectivity index (χ4n) is 3.88. The molecule has 2 heterocycles. The molecule has 1 atom stereocenters. The van der Waals surface area contributed by atoms with E-state index in [1.54, 1.807) is 13.2 Å². The van der Waals surface area contributed by atoms with Gasteiger partial charge in [-0.25, -0.2) is 4.98 Å². The molecule has 3 rings (SSSR count). The number of nitrogens with one attached hydrogen (secondary N) is 2. The average Bonchev–Trinajstić information content (AvgIpc) is 2.85. The van der Waals surface area contributed by atoms with Crippen LogP contribution in [0.1, 0.15) is 30.8 Å². The van der Waals surface area contributed by atoms with Gasteiger partial charge >= 0.3 is 0 Å². The zero-order valence-electron chi connectivity index (χ0n) is 20.5. The Morgan fingerprint density at radius 3 is 2.69 bits per heavy atom. The van der Waals surface area contributed by atoms with Crippen LogP contribution >= 0.6 is 11.6 Å². The molecule has 0 saturated carbocycles. The second-order valence-corrected chi connectivity index (χ2v) is 9.25. The molecule has 0 aliphatic carbocycles. The summed E-state index contributed by atoms with van der Waals surface area (Å²) >= 11 is 6.56. The molecular formula is C25H33ClN6O3. The number of aromatic nitrogens is 2. The molecule has 1 amide bonds. The number of morpholine rings is 1. The normalized spacial score (nSPS) is 15.0. The van der Waals surface area contributed by atoms with Crippen LogP contribution in [0.25, 0.3) is 0 Å². The molecule has 1 fully saturated rings. The van der Waals surface area contributed by atoms with Crippen molar-refractivity contribution in [3.05, 3.63) is 46.5 Å². The summed E-state index contributed by atoms with van der Waals surface area (Å²) in [5.74, 6) is 0.759. The topological polar surface area (TPSA) is 112 Å². The number of carbonyl (C=O) groups excluding carboxylic acids is 1. The monoisotopic (exact) mass is 500 g/mol. The molecular weight excluding hydrogens is 468 g/mol. The van der Waals surface area contributed by atoms with Gasteiger partial charge in [0.25, 0.3) is 0 Å². The van der Waals surface area contributed by atoms with E-state index in [0.29, 0.717) is 34.1 Å². The van der Waals surface area contributed by atoms with Crippen molar-refractivity contribution in [2.75, 3.05) is 51.8 Å². The van der Waals surface area contributed by atoms with E-state index in [9.17, 15) is 4.79 Å². The smallest absolute Gasteiger partial charge is 0.230 e. The van der Waals surface area contributed by atoms with Crippen LogP contribution in [0.3, 0.4) is 0 Å². The maximum Gasteiger partial charge on any atom is 0.230 e. The fraction of sp³-hybridized carbons (Fsp3) is 0.520. The predicted molar refractivity (Wildman–Crippen MR) is 135 cm³/mol. The minimum atomic E-state index is -0.282. The molecule has 0 unspecified atom stereocenters. The Morgan fingerprint density at radius 2 is 2.06 bits per heavy atom. The molecule has 35 heavy (non-hydrogen) atoms. The second kappa shape index (κ2) is 13.4. The van der Waals surface area contributed by atoms with E-state index in [0.717, 1.165) is 51.4 Å². The van der Waals surface area contributed by atoms with Crippen LogP contribution in [-0.2, 0) is 22.4 Å². The number of benzene rings is 1. The molecule has 2 aromatic rings. The van der Waals surface area contributed by atoms with Crippen molar-refractivity contribution in [3.63, 3.8) is 0 Å². The lowest BCUT2D eigenvalue weighted by atomic mass is 10.0. The minimum absolute atomic E-state index is 0.0187. The number of hydrogen-bond donors (Lipinski definition) is 2. The third-order valence-corrected chi connectivity index (χ3v) is 6.32. The number of carbonyl (C=O) groups is 1. The van der Waals surface area contributed by atoms with Crippen molar-refractivity contribution >= 4 is 23.2 Å². The van der Waals surface area contributed by atoms with Gasteiger partial charge in [-0.15, -0.1) is 0 Å². The number of nitriles is 1. The Labute approximate surface area is 211 Å². The lowest BCUT2D eigenvalue weighted by Gasteiger charge is -2.32. The molecule has 0 radical (unpaired) electrons. The van der Waals surface area contributed by atoms with Crippen molar-refractivity contribution in [2.45, 2.75) is 32.7 Å². The summed E-state index contributed by atoms with van der Waals surface area (Å²) in [5.41, 5.74) is 2.11. The van der Waals surface area contributed by atoms with E-state index in [1.165, 1.54) is 12.4 Å². The fourth-order valence-corrected chi connectivity index (χ4v) is 4.14. The molecule has 0 bridgehead atoms. The Bertz CT molecular complexity index is 1020. The van der Waals surface area contributed by atoms with Gasteiger partial charge in [0.15, 0.2) is 5.69 Å². The highest BCUT2D eigenvalue weighted by Gasteiger charge is 2.19. The van der Waals surface area contributed by atoms with Gasteiger partial charge in [0.05, 0.1) is 50.5 Å². The molecule has 1 saturated heterocycles. The SMILES string of the molecule is COc1cc(CCN[C@@H](CN2CCOCC2)C(C)C)c(Cl)cc1NC(=O)Cc1cnc(C#N)cn1. The van der Waals surface area contributed by atoms with Crippen molar-refractivity contribution < 1.29 is 14.3 Å². The minimum Gasteiger partial charge on any atom is -0.495 e. The van der Waals surface area contributed by atoms with Crippen molar-refractivity contribution in [1.29, 1.82) is 5.26 Å². The number of anilines is 1. The average molecular weight is 501 g/mol. The molecule has 0 spiro atoms. The highest BCUT2D eigenvalue weighted by atomic mass is 35.5. The van der Waals surface area contributed by atoms with Crippen molar-refractivity contribution in [2.24, 2.45) is 5.92 Å². The van der Waals surface area contributed by atoms with Crippen LogP contribution in [0.5, 0.6) is 5.75 Å². The summed E-state index contributed by atoms with van der Waals surface area (Å²) in [6.45, 7) is 9.77. The summed E-state index contributed by atoms with van der Waals surface area (Å²) in [4.78, 5) is 23.0. The predicted octanol–water partition coefficient (Wildman–Crippen LogP) is 2.68. The standard InChI is InChI=1S/C25H33ClN6O3/c1-17(2)23(16-32-6-8-35-9-7-32)28-5-4-18-10-24(34-3)22(12-21(18)26)31-25(33)11-19-14-30-20(13-27)15-29-19/h10,12,14-15,17,23,28H,4-9,11,16H2,1-3H3,(H,31,33)/t23-/m0/s1. The largest absolute Gasteiger partial charge is 0.495 e. The summed E-state index contributed by atoms with van der Waals surface area (Å²) in [6, 6.07) is 5.86. The third kappa shape index (κ3) is 8.15. The first-order chi connectivity index (χ1) is 16.9. The zero-order chi connectivity index (χ0) is 25.2. The lowest BCUT2D eigenvalue weighted by molar-refractivity contribution is -0.115. The first kappa shape index (κ1) is 26.8. The quantitative estimate of drug-likeness (QED) is 0.484. The summed E-state index contributed by atoms with van der Waals surface area (Å²) in [5, 5.41) is 15.9. The number of rotatable bonds is 11. The van der Waals surface area contributed by atoms with E-state index in [2.05, 4.69) is 39.3 Å². The van der Waals surface area contributed by atoms with Gasteiger partial charge in [0, 0.05) is 30.7 Å². The van der Waals surface area contributed by atoms with E-state index >= 15 is 0 Å². The number of ether oxygens (including phenoxy) is 2. The molecule has 1 aromatic carbocycles. The lowest BCUT2D eigenvalue weighted by Crippen LogP contribution is -2.48. The third-order valence-electron chi connectivity index (χ3n) is 5.97. The first-order valence-electron chi connectivity index (χ1n) is 11.8. The van der Waals surface area contributed by atoms with Gasteiger partial charge < -0.3 is 20.1 Å². The number of amides is 1. The van der Waals surface area contributed by atoms with Gasteiger partial charge in [0.1, 0.15) is 11.8 Å². The van der Waals surface area contributed by atoms with Gasteiger partial charge in [0.2, 0.25) is 5.91 Å². The van der Waals surface area contributed by atoms with E-state index in [4.69, 9.17) is 26.3 Å². The molecule has 10 heteroatoms. The number of methoxy groups -OCH3 is 1. The van der Waals surface area contributed by atoms with Gasteiger partial charge in [-0.3, -0.25) is 14.7 Å². The Hall–Kier alpha value is -2.77. The van der Waals surface area contributed by atoms with Gasteiger partial charge in [-0.05, 0) is 36.6 Å². The van der Waals surface area contributed by atoms with E-state index in [1.807, 2.05) is 12.1 Å². The first-order valence-corrected chi connectivity index (χ1v) is 12.2. The van der Waals surface area contributed by atoms with E-state index in [-0.39, 0.29) is 18.0 Å². The van der Waals surface area contributed by atoms with Crippen LogP contribution < -0.4 is 15.4 Å². The maximum absolute atomic E-state index is 12.5.